The van der Waals surface area contributed by atoms with Gasteiger partial charge in [-0.05, 0) is 29.8 Å². The number of rotatable bonds is 6. The molecule has 0 heterocycles. The lowest BCUT2D eigenvalue weighted by Crippen LogP contribution is -2.43. The van der Waals surface area contributed by atoms with Crippen molar-refractivity contribution in [1.82, 2.24) is 10.9 Å². The van der Waals surface area contributed by atoms with Crippen LogP contribution in [0.2, 0.25) is 5.02 Å². The third kappa shape index (κ3) is 6.54. The Balaban J connectivity index is 1.76. The number of amides is 2. The molecule has 0 fully saturated rings. The second-order valence-electron chi connectivity index (χ2n) is 5.30. The number of nitrogens with zero attached hydrogens (tertiary/aromatic N) is 1. The van der Waals surface area contributed by atoms with E-state index in [-0.39, 0.29) is 11.3 Å². The zero-order chi connectivity index (χ0) is 20.5. The molecule has 2 aromatic carbocycles. The van der Waals surface area contributed by atoms with Gasteiger partial charge in [0.2, 0.25) is 0 Å². The molecule has 2 rings (SSSR count). The first kappa shape index (κ1) is 20.6. The number of esters is 1. The normalized spacial score (nSPS) is 10.3. The van der Waals surface area contributed by atoms with Crippen molar-refractivity contribution >= 4 is 41.1 Å². The first-order valence-corrected chi connectivity index (χ1v) is 8.17. The van der Waals surface area contributed by atoms with Crippen molar-refractivity contribution in [1.29, 1.82) is 0 Å². The SMILES string of the molecule is O=C(COC(=O)C=Cc1ccc(Cl)cc1)NNC(=O)c1cccc([N+](=O)[O-])c1. The summed E-state index contributed by atoms with van der Waals surface area (Å²) in [5.41, 5.74) is 4.55. The summed E-state index contributed by atoms with van der Waals surface area (Å²) < 4.78 is 4.73. The Kier molecular flexibility index (Phi) is 7.23. The van der Waals surface area contributed by atoms with Gasteiger partial charge in [-0.15, -0.1) is 0 Å². The minimum Gasteiger partial charge on any atom is -0.452 e. The van der Waals surface area contributed by atoms with E-state index in [1.165, 1.54) is 24.3 Å². The van der Waals surface area contributed by atoms with Gasteiger partial charge in [-0.3, -0.25) is 30.6 Å². The van der Waals surface area contributed by atoms with Gasteiger partial charge in [0.05, 0.1) is 4.92 Å². The van der Waals surface area contributed by atoms with Crippen LogP contribution in [0, 0.1) is 10.1 Å². The monoisotopic (exact) mass is 403 g/mol. The number of carbonyl (C=O) groups is 3. The minimum atomic E-state index is -0.785. The van der Waals surface area contributed by atoms with Gasteiger partial charge in [0, 0.05) is 28.8 Å². The van der Waals surface area contributed by atoms with Crippen LogP contribution in [0.5, 0.6) is 0 Å². The number of nitro groups is 1. The van der Waals surface area contributed by atoms with Crippen LogP contribution in [0.25, 0.3) is 6.08 Å². The maximum Gasteiger partial charge on any atom is 0.331 e. The van der Waals surface area contributed by atoms with Crippen molar-refractivity contribution in [2.45, 2.75) is 0 Å². The number of hydrazine groups is 1. The standard InChI is InChI=1S/C18H14ClN3O6/c19-14-7-4-12(5-8-14)6-9-17(24)28-11-16(23)20-21-18(25)13-2-1-3-15(10-13)22(26)27/h1-10H,11H2,(H,20,23)(H,21,25). The molecule has 0 radical (unpaired) electrons. The number of nitro benzene ring substituents is 1. The summed E-state index contributed by atoms with van der Waals surface area (Å²) in [6.45, 7) is -0.626. The molecule has 0 spiro atoms. The average Bonchev–Trinajstić information content (AvgIpc) is 2.70. The van der Waals surface area contributed by atoms with Crippen LogP contribution >= 0.6 is 11.6 Å². The molecule has 0 atom stereocenters. The van der Waals surface area contributed by atoms with Crippen LogP contribution in [0.15, 0.2) is 54.6 Å². The molecule has 2 aromatic rings. The first-order valence-electron chi connectivity index (χ1n) is 7.79. The molecular weight excluding hydrogens is 390 g/mol. The van der Waals surface area contributed by atoms with Gasteiger partial charge in [-0.1, -0.05) is 29.8 Å². The van der Waals surface area contributed by atoms with E-state index in [2.05, 4.69) is 5.43 Å². The van der Waals surface area contributed by atoms with Crippen LogP contribution in [-0.2, 0) is 14.3 Å². The van der Waals surface area contributed by atoms with Crippen molar-refractivity contribution in [3.63, 3.8) is 0 Å². The third-order valence-corrected chi connectivity index (χ3v) is 3.51. The second-order valence-corrected chi connectivity index (χ2v) is 5.74. The minimum absolute atomic E-state index is 0.0163. The number of ether oxygens (including phenoxy) is 1. The highest BCUT2D eigenvalue weighted by Crippen LogP contribution is 2.12. The van der Waals surface area contributed by atoms with Gasteiger partial charge in [0.1, 0.15) is 0 Å². The molecule has 0 aliphatic rings. The van der Waals surface area contributed by atoms with E-state index in [4.69, 9.17) is 16.3 Å². The smallest absolute Gasteiger partial charge is 0.331 e. The Hall–Kier alpha value is -3.72. The molecule has 2 amide bonds. The summed E-state index contributed by atoms with van der Waals surface area (Å²) in [4.78, 5) is 45.1. The summed E-state index contributed by atoms with van der Waals surface area (Å²) in [5.74, 6) is -2.30. The zero-order valence-corrected chi connectivity index (χ0v) is 15.0. The number of halogens is 1. The van der Waals surface area contributed by atoms with E-state index in [1.54, 1.807) is 24.3 Å². The quantitative estimate of drug-likeness (QED) is 0.329. The van der Waals surface area contributed by atoms with Crippen LogP contribution < -0.4 is 10.9 Å². The van der Waals surface area contributed by atoms with Crippen LogP contribution in [0.4, 0.5) is 5.69 Å². The van der Waals surface area contributed by atoms with Gasteiger partial charge < -0.3 is 4.74 Å². The summed E-state index contributed by atoms with van der Waals surface area (Å²) in [5, 5.41) is 11.3. The third-order valence-electron chi connectivity index (χ3n) is 3.26. The Labute approximate surface area is 164 Å². The fourth-order valence-electron chi connectivity index (χ4n) is 1.92. The van der Waals surface area contributed by atoms with E-state index in [9.17, 15) is 24.5 Å². The van der Waals surface area contributed by atoms with E-state index in [1.807, 2.05) is 5.43 Å². The van der Waals surface area contributed by atoms with Crippen LogP contribution in [0.1, 0.15) is 15.9 Å². The molecular formula is C18H14ClN3O6. The molecule has 10 heteroatoms. The van der Waals surface area contributed by atoms with Crippen molar-refractivity contribution < 1.29 is 24.0 Å². The molecule has 0 aliphatic heterocycles. The van der Waals surface area contributed by atoms with Crippen molar-refractivity contribution in [3.05, 3.63) is 80.9 Å². The molecule has 9 nitrogen and oxygen atoms in total. The molecule has 0 saturated heterocycles. The van der Waals surface area contributed by atoms with Gasteiger partial charge in [-0.25, -0.2) is 4.79 Å². The van der Waals surface area contributed by atoms with Gasteiger partial charge >= 0.3 is 5.97 Å². The maximum absolute atomic E-state index is 11.9. The molecule has 0 aromatic heterocycles. The number of carbonyl (C=O) groups excluding carboxylic acids is 3. The second kappa shape index (κ2) is 9.83. The average molecular weight is 404 g/mol. The van der Waals surface area contributed by atoms with Gasteiger partial charge in [0.15, 0.2) is 6.61 Å². The lowest BCUT2D eigenvalue weighted by Gasteiger charge is -2.07. The largest absolute Gasteiger partial charge is 0.452 e. The fourth-order valence-corrected chi connectivity index (χ4v) is 2.04. The summed E-state index contributed by atoms with van der Waals surface area (Å²) in [6, 6.07) is 11.7. The number of nitrogens with one attached hydrogen (secondary N) is 2. The zero-order valence-electron chi connectivity index (χ0n) is 14.3. The number of benzene rings is 2. The molecule has 0 aliphatic carbocycles. The summed E-state index contributed by atoms with van der Waals surface area (Å²) in [6.07, 6.45) is 2.62. The van der Waals surface area contributed by atoms with E-state index in [0.29, 0.717) is 5.02 Å². The molecule has 28 heavy (non-hydrogen) atoms. The molecule has 0 bridgehead atoms. The van der Waals surface area contributed by atoms with Gasteiger partial charge in [-0.2, -0.15) is 0 Å². The topological polar surface area (TPSA) is 128 Å². The Morgan fingerprint density at radius 2 is 1.82 bits per heavy atom. The van der Waals surface area contributed by atoms with E-state index >= 15 is 0 Å². The van der Waals surface area contributed by atoms with Crippen LogP contribution in [0.3, 0.4) is 0 Å². The number of non-ortho nitro benzene ring substituents is 1. The summed E-state index contributed by atoms with van der Waals surface area (Å²) in [7, 11) is 0. The summed E-state index contributed by atoms with van der Waals surface area (Å²) >= 11 is 5.75. The highest BCUT2D eigenvalue weighted by atomic mass is 35.5. The Morgan fingerprint density at radius 1 is 1.11 bits per heavy atom. The van der Waals surface area contributed by atoms with E-state index in [0.717, 1.165) is 17.7 Å². The lowest BCUT2D eigenvalue weighted by atomic mass is 10.2. The molecule has 0 unspecified atom stereocenters. The van der Waals surface area contributed by atoms with Crippen LogP contribution in [-0.4, -0.2) is 29.3 Å². The number of hydrogen-bond donors (Lipinski definition) is 2. The van der Waals surface area contributed by atoms with Crippen molar-refractivity contribution in [3.8, 4) is 0 Å². The van der Waals surface area contributed by atoms with Crippen molar-refractivity contribution in [2.75, 3.05) is 6.61 Å². The fraction of sp³-hybridized carbons (Fsp3) is 0.0556. The highest BCUT2D eigenvalue weighted by Gasteiger charge is 2.12. The molecule has 144 valence electrons. The first-order chi connectivity index (χ1) is 13.3. The Bertz CT molecular complexity index is 927. The maximum atomic E-state index is 11.9. The van der Waals surface area contributed by atoms with Gasteiger partial charge in [0.25, 0.3) is 17.5 Å². The Morgan fingerprint density at radius 3 is 2.50 bits per heavy atom. The highest BCUT2D eigenvalue weighted by molar-refractivity contribution is 6.30. The molecule has 0 saturated carbocycles. The number of hydrogen-bond acceptors (Lipinski definition) is 6. The molecule has 2 N–H and O–H groups in total. The predicted octanol–water partition coefficient (Wildman–Crippen LogP) is 2.27. The van der Waals surface area contributed by atoms with Crippen molar-refractivity contribution in [2.24, 2.45) is 0 Å². The predicted molar refractivity (Wildman–Crippen MR) is 100 cm³/mol. The lowest BCUT2D eigenvalue weighted by molar-refractivity contribution is -0.384. The van der Waals surface area contributed by atoms with E-state index < -0.39 is 29.3 Å².